The molecule has 0 saturated heterocycles. The second-order valence-corrected chi connectivity index (χ2v) is 5.33. The molecule has 3 heteroatoms. The van der Waals surface area contributed by atoms with E-state index in [1.165, 1.54) is 5.56 Å². The van der Waals surface area contributed by atoms with Crippen LogP contribution in [0.25, 0.3) is 22.2 Å². The van der Waals surface area contributed by atoms with Crippen molar-refractivity contribution in [3.05, 3.63) is 53.6 Å². The Hall–Kier alpha value is -2.73. The summed E-state index contributed by atoms with van der Waals surface area (Å²) in [7, 11) is 1.66. The zero-order chi connectivity index (χ0) is 15.7. The molecule has 0 unspecified atom stereocenters. The highest BCUT2D eigenvalue weighted by Gasteiger charge is 2.18. The summed E-state index contributed by atoms with van der Waals surface area (Å²) in [5, 5.41) is 10.7. The average molecular weight is 290 g/mol. The van der Waals surface area contributed by atoms with Gasteiger partial charge >= 0.3 is 0 Å². The van der Waals surface area contributed by atoms with Crippen molar-refractivity contribution in [2.45, 2.75) is 20.4 Å². The maximum Gasteiger partial charge on any atom is 0.120 e. The van der Waals surface area contributed by atoms with Crippen molar-refractivity contribution in [1.29, 1.82) is 5.26 Å². The number of aryl methyl sites for hydroxylation is 2. The minimum atomic E-state index is 0.727. The lowest BCUT2D eigenvalue weighted by atomic mass is 10.0. The Labute approximate surface area is 130 Å². The molecule has 22 heavy (non-hydrogen) atoms. The van der Waals surface area contributed by atoms with Crippen molar-refractivity contribution < 1.29 is 4.74 Å². The van der Waals surface area contributed by atoms with Gasteiger partial charge in [-0.2, -0.15) is 5.26 Å². The third-order valence-corrected chi connectivity index (χ3v) is 3.99. The van der Waals surface area contributed by atoms with Crippen LogP contribution in [-0.2, 0) is 6.54 Å². The summed E-state index contributed by atoms with van der Waals surface area (Å²) < 4.78 is 7.52. The first-order valence-corrected chi connectivity index (χ1v) is 7.37. The fourth-order valence-electron chi connectivity index (χ4n) is 2.99. The number of fused-ring (bicyclic) bond motifs is 1. The molecule has 1 heterocycles. The quantitative estimate of drug-likeness (QED) is 0.711. The monoisotopic (exact) mass is 290 g/mol. The Balaban J connectivity index is 2.40. The largest absolute Gasteiger partial charge is 0.497 e. The Morgan fingerprint density at radius 3 is 2.64 bits per heavy atom. The number of aromatic nitrogens is 1. The molecular formula is C19H18N2O. The van der Waals surface area contributed by atoms with Crippen LogP contribution in [0, 0.1) is 18.3 Å². The van der Waals surface area contributed by atoms with Crippen LogP contribution < -0.4 is 4.74 Å². The van der Waals surface area contributed by atoms with Crippen LogP contribution in [0.15, 0.2) is 42.5 Å². The highest BCUT2D eigenvalue weighted by atomic mass is 16.5. The van der Waals surface area contributed by atoms with E-state index in [2.05, 4.69) is 42.7 Å². The van der Waals surface area contributed by atoms with Gasteiger partial charge in [-0.15, -0.1) is 0 Å². The second-order valence-electron chi connectivity index (χ2n) is 5.33. The lowest BCUT2D eigenvalue weighted by Crippen LogP contribution is -1.98. The number of hydrogen-bond acceptors (Lipinski definition) is 2. The molecular weight excluding hydrogens is 272 g/mol. The minimum absolute atomic E-state index is 0.727. The van der Waals surface area contributed by atoms with Crippen LogP contribution in [0.1, 0.15) is 18.1 Å². The first-order chi connectivity index (χ1) is 10.7. The number of nitriles is 1. The standard InChI is InChI=1S/C19H18N2O/c1-4-21-18-11-15(22-3)8-9-16(18)17(12-20)19(21)14-7-5-6-13(2)10-14/h5-11H,4H2,1-3H3. The van der Waals surface area contributed by atoms with Gasteiger partial charge in [-0.25, -0.2) is 0 Å². The molecule has 0 spiro atoms. The molecule has 3 rings (SSSR count). The van der Waals surface area contributed by atoms with Crippen molar-refractivity contribution >= 4 is 10.9 Å². The van der Waals surface area contributed by atoms with E-state index in [0.29, 0.717) is 0 Å². The normalized spacial score (nSPS) is 10.6. The summed E-state index contributed by atoms with van der Waals surface area (Å²) in [6.45, 7) is 4.96. The van der Waals surface area contributed by atoms with E-state index in [9.17, 15) is 5.26 Å². The van der Waals surface area contributed by atoms with Gasteiger partial charge in [0.25, 0.3) is 0 Å². The van der Waals surface area contributed by atoms with Crippen LogP contribution in [0.2, 0.25) is 0 Å². The van der Waals surface area contributed by atoms with Gasteiger partial charge in [0.05, 0.1) is 23.9 Å². The summed E-state index contributed by atoms with van der Waals surface area (Å²) in [6.07, 6.45) is 0. The van der Waals surface area contributed by atoms with Gasteiger partial charge < -0.3 is 9.30 Å². The Bertz CT molecular complexity index is 884. The van der Waals surface area contributed by atoms with Gasteiger partial charge in [-0.05, 0) is 37.6 Å². The van der Waals surface area contributed by atoms with E-state index >= 15 is 0 Å². The number of methoxy groups -OCH3 is 1. The summed E-state index contributed by atoms with van der Waals surface area (Å²) in [5.41, 5.74) is 5.01. The summed E-state index contributed by atoms with van der Waals surface area (Å²) in [4.78, 5) is 0. The van der Waals surface area contributed by atoms with E-state index in [1.54, 1.807) is 7.11 Å². The third-order valence-electron chi connectivity index (χ3n) is 3.99. The smallest absolute Gasteiger partial charge is 0.120 e. The Kier molecular flexibility index (Phi) is 3.60. The zero-order valence-corrected chi connectivity index (χ0v) is 13.1. The summed E-state index contributed by atoms with van der Waals surface area (Å²) >= 11 is 0. The first-order valence-electron chi connectivity index (χ1n) is 7.37. The molecule has 3 aromatic rings. The highest BCUT2D eigenvalue weighted by Crippen LogP contribution is 2.35. The molecule has 0 saturated carbocycles. The molecule has 3 nitrogen and oxygen atoms in total. The summed E-state index contributed by atoms with van der Waals surface area (Å²) in [6, 6.07) is 16.5. The van der Waals surface area contributed by atoms with Gasteiger partial charge in [-0.1, -0.05) is 23.8 Å². The molecule has 0 aliphatic rings. The van der Waals surface area contributed by atoms with Gasteiger partial charge in [0.1, 0.15) is 11.8 Å². The van der Waals surface area contributed by atoms with Crippen LogP contribution in [-0.4, -0.2) is 11.7 Å². The van der Waals surface area contributed by atoms with Crippen molar-refractivity contribution in [3.63, 3.8) is 0 Å². The predicted molar refractivity (Wildman–Crippen MR) is 89.1 cm³/mol. The molecule has 0 aliphatic carbocycles. The number of ether oxygens (including phenoxy) is 1. The Morgan fingerprint density at radius 2 is 2.00 bits per heavy atom. The fraction of sp³-hybridized carbons (Fsp3) is 0.211. The molecule has 0 fully saturated rings. The molecule has 0 aliphatic heterocycles. The van der Waals surface area contributed by atoms with Gasteiger partial charge in [0, 0.05) is 18.0 Å². The number of rotatable bonds is 3. The van der Waals surface area contributed by atoms with Crippen molar-refractivity contribution in [1.82, 2.24) is 4.57 Å². The van der Waals surface area contributed by atoms with Crippen molar-refractivity contribution in [3.8, 4) is 23.1 Å². The number of hydrogen-bond donors (Lipinski definition) is 0. The second kappa shape index (κ2) is 5.57. The highest BCUT2D eigenvalue weighted by molar-refractivity contribution is 5.95. The van der Waals surface area contributed by atoms with E-state index in [4.69, 9.17) is 4.74 Å². The fourth-order valence-corrected chi connectivity index (χ4v) is 2.99. The molecule has 0 radical (unpaired) electrons. The lowest BCUT2D eigenvalue weighted by molar-refractivity contribution is 0.415. The van der Waals surface area contributed by atoms with E-state index in [0.717, 1.165) is 40.0 Å². The predicted octanol–water partition coefficient (Wildman–Crippen LogP) is 4.52. The Morgan fingerprint density at radius 1 is 1.18 bits per heavy atom. The lowest BCUT2D eigenvalue weighted by Gasteiger charge is -2.09. The van der Waals surface area contributed by atoms with Crippen LogP contribution in [0.3, 0.4) is 0 Å². The van der Waals surface area contributed by atoms with Crippen LogP contribution in [0.5, 0.6) is 5.75 Å². The van der Waals surface area contributed by atoms with Crippen molar-refractivity contribution in [2.24, 2.45) is 0 Å². The number of benzene rings is 2. The average Bonchev–Trinajstić information content (AvgIpc) is 2.87. The van der Waals surface area contributed by atoms with Gasteiger partial charge in [0.2, 0.25) is 0 Å². The van der Waals surface area contributed by atoms with E-state index in [1.807, 2.05) is 24.3 Å². The molecule has 0 atom stereocenters. The third kappa shape index (κ3) is 2.14. The molecule has 0 amide bonds. The molecule has 2 aromatic carbocycles. The summed E-state index contributed by atoms with van der Waals surface area (Å²) in [5.74, 6) is 0.806. The molecule has 1 aromatic heterocycles. The molecule has 0 bridgehead atoms. The molecule has 110 valence electrons. The maximum atomic E-state index is 9.69. The maximum absolute atomic E-state index is 9.69. The first kappa shape index (κ1) is 14.2. The van der Waals surface area contributed by atoms with E-state index in [-0.39, 0.29) is 0 Å². The van der Waals surface area contributed by atoms with Crippen LogP contribution in [0.4, 0.5) is 0 Å². The SMILES string of the molecule is CCn1c(-c2cccc(C)c2)c(C#N)c2ccc(OC)cc21. The van der Waals surface area contributed by atoms with Gasteiger partial charge in [-0.3, -0.25) is 0 Å². The zero-order valence-electron chi connectivity index (χ0n) is 13.1. The topological polar surface area (TPSA) is 38.0 Å². The number of nitrogens with zero attached hydrogens (tertiary/aromatic N) is 2. The van der Waals surface area contributed by atoms with Gasteiger partial charge in [0.15, 0.2) is 0 Å². The minimum Gasteiger partial charge on any atom is -0.497 e. The molecule has 0 N–H and O–H groups in total. The van der Waals surface area contributed by atoms with E-state index < -0.39 is 0 Å². The van der Waals surface area contributed by atoms with Crippen molar-refractivity contribution in [2.75, 3.05) is 7.11 Å². The van der Waals surface area contributed by atoms with Crippen LogP contribution >= 0.6 is 0 Å².